The first-order valence-electron chi connectivity index (χ1n) is 10.4. The number of benzene rings is 1. The van der Waals surface area contributed by atoms with Gasteiger partial charge in [0, 0.05) is 32.6 Å². The summed E-state index contributed by atoms with van der Waals surface area (Å²) in [6, 6.07) is 7.96. The summed E-state index contributed by atoms with van der Waals surface area (Å²) in [5, 5.41) is 13.9. The minimum atomic E-state index is -1.03. The van der Waals surface area contributed by atoms with E-state index in [1.165, 1.54) is 6.33 Å². The molecule has 168 valence electrons. The number of nitrogens with one attached hydrogen (secondary N) is 1. The third kappa shape index (κ3) is 5.68. The fourth-order valence-electron chi connectivity index (χ4n) is 4.08. The van der Waals surface area contributed by atoms with Crippen LogP contribution in [0.15, 0.2) is 30.6 Å². The van der Waals surface area contributed by atoms with Crippen LogP contribution in [0.5, 0.6) is 0 Å². The van der Waals surface area contributed by atoms with Crippen molar-refractivity contribution in [2.75, 3.05) is 43.4 Å². The maximum Gasteiger partial charge on any atom is 0.231 e. The first kappa shape index (κ1) is 22.9. The molecule has 8 nitrogen and oxygen atoms in total. The van der Waals surface area contributed by atoms with Gasteiger partial charge in [0.25, 0.3) is 0 Å². The Morgan fingerprint density at radius 3 is 2.84 bits per heavy atom. The van der Waals surface area contributed by atoms with Crippen molar-refractivity contribution in [3.8, 4) is 0 Å². The molecule has 0 aliphatic carbocycles. The zero-order valence-electron chi connectivity index (χ0n) is 18.3. The monoisotopic (exact) mass is 430 g/mol. The molecule has 3 rings (SSSR count). The SMILES string of the molecule is Cc1ccccc1CN(C)c1ncnc(NC[C@@H]2CCN(CC(N)=O)C[C@]2(C)O)c1F. The van der Waals surface area contributed by atoms with Crippen molar-refractivity contribution in [1.82, 2.24) is 14.9 Å². The van der Waals surface area contributed by atoms with Crippen LogP contribution in [0.2, 0.25) is 0 Å². The number of aromatic nitrogens is 2. The van der Waals surface area contributed by atoms with E-state index in [0.717, 1.165) is 11.1 Å². The van der Waals surface area contributed by atoms with E-state index in [9.17, 15) is 9.90 Å². The Labute approximate surface area is 182 Å². The maximum absolute atomic E-state index is 15.1. The van der Waals surface area contributed by atoms with Crippen molar-refractivity contribution in [2.45, 2.75) is 32.4 Å². The highest BCUT2D eigenvalue weighted by atomic mass is 19.1. The van der Waals surface area contributed by atoms with Gasteiger partial charge in [0.1, 0.15) is 6.33 Å². The predicted molar refractivity (Wildman–Crippen MR) is 118 cm³/mol. The number of hydrogen-bond donors (Lipinski definition) is 3. The minimum Gasteiger partial charge on any atom is -0.388 e. The molecule has 1 amide bonds. The van der Waals surface area contributed by atoms with E-state index >= 15 is 4.39 Å². The molecular weight excluding hydrogens is 399 g/mol. The number of hydrogen-bond acceptors (Lipinski definition) is 7. The quantitative estimate of drug-likeness (QED) is 0.583. The standard InChI is InChI=1S/C22H31FN6O2/c1-15-6-4-5-7-16(15)11-28(3)21-19(23)20(26-14-27-21)25-10-17-8-9-29(12-18(24)30)13-22(17,2)31/h4-7,14,17,31H,8-13H2,1-3H3,(H2,24,30)(H,25,26,27)/t17-,22-/m0/s1. The molecule has 31 heavy (non-hydrogen) atoms. The van der Waals surface area contributed by atoms with Crippen LogP contribution in [0.3, 0.4) is 0 Å². The third-order valence-corrected chi connectivity index (χ3v) is 5.91. The summed E-state index contributed by atoms with van der Waals surface area (Å²) >= 11 is 0. The summed E-state index contributed by atoms with van der Waals surface area (Å²) in [5.74, 6) is -0.748. The number of nitrogens with zero attached hydrogens (tertiary/aromatic N) is 4. The molecule has 0 radical (unpaired) electrons. The smallest absolute Gasteiger partial charge is 0.231 e. The van der Waals surface area contributed by atoms with Crippen LogP contribution in [-0.2, 0) is 11.3 Å². The van der Waals surface area contributed by atoms with Crippen molar-refractivity contribution >= 4 is 17.5 Å². The summed E-state index contributed by atoms with van der Waals surface area (Å²) < 4.78 is 15.1. The lowest BCUT2D eigenvalue weighted by Crippen LogP contribution is -2.55. The van der Waals surface area contributed by atoms with Crippen molar-refractivity contribution in [1.29, 1.82) is 0 Å². The number of carbonyl (C=O) groups is 1. The molecule has 1 fully saturated rings. The van der Waals surface area contributed by atoms with Crippen LogP contribution in [0.4, 0.5) is 16.0 Å². The summed E-state index contributed by atoms with van der Waals surface area (Å²) in [7, 11) is 1.79. The number of amides is 1. The molecule has 1 aliphatic heterocycles. The number of β-amino-alcohol motifs (C(OH)–C–C–N with tert-alkyl or cyclic N) is 1. The molecule has 1 aromatic carbocycles. The van der Waals surface area contributed by atoms with Gasteiger partial charge in [-0.2, -0.15) is 4.39 Å². The molecule has 4 N–H and O–H groups in total. The number of halogens is 1. The maximum atomic E-state index is 15.1. The predicted octanol–water partition coefficient (Wildman–Crippen LogP) is 1.53. The normalized spacial score (nSPS) is 21.6. The first-order valence-corrected chi connectivity index (χ1v) is 10.4. The third-order valence-electron chi connectivity index (χ3n) is 5.91. The van der Waals surface area contributed by atoms with Gasteiger partial charge in [0.15, 0.2) is 11.6 Å². The average Bonchev–Trinajstić information content (AvgIpc) is 2.69. The van der Waals surface area contributed by atoms with E-state index in [1.54, 1.807) is 18.9 Å². The first-order chi connectivity index (χ1) is 14.7. The molecule has 9 heteroatoms. The second kappa shape index (κ2) is 9.57. The summed E-state index contributed by atoms with van der Waals surface area (Å²) in [6.07, 6.45) is 1.99. The Bertz CT molecular complexity index is 923. The molecule has 1 aromatic heterocycles. The highest BCUT2D eigenvalue weighted by Gasteiger charge is 2.38. The Hall–Kier alpha value is -2.78. The Balaban J connectivity index is 1.65. The molecule has 0 saturated carbocycles. The molecule has 2 atom stereocenters. The van der Waals surface area contributed by atoms with Crippen LogP contribution < -0.4 is 16.0 Å². The lowest BCUT2D eigenvalue weighted by Gasteiger charge is -2.42. The Morgan fingerprint density at radius 1 is 1.42 bits per heavy atom. The number of aryl methyl sites for hydroxylation is 1. The zero-order chi connectivity index (χ0) is 22.6. The average molecular weight is 431 g/mol. The van der Waals surface area contributed by atoms with Gasteiger partial charge in [-0.3, -0.25) is 9.69 Å². The highest BCUT2D eigenvalue weighted by Crippen LogP contribution is 2.29. The lowest BCUT2D eigenvalue weighted by molar-refractivity contribution is -0.121. The molecule has 2 heterocycles. The van der Waals surface area contributed by atoms with Crippen molar-refractivity contribution < 1.29 is 14.3 Å². The molecular formula is C22H31FN6O2. The van der Waals surface area contributed by atoms with E-state index in [0.29, 0.717) is 32.6 Å². The number of piperidine rings is 1. The van der Waals surface area contributed by atoms with E-state index < -0.39 is 17.3 Å². The van der Waals surface area contributed by atoms with Crippen LogP contribution in [0, 0.1) is 18.7 Å². The van der Waals surface area contributed by atoms with Gasteiger partial charge in [-0.05, 0) is 37.9 Å². The van der Waals surface area contributed by atoms with Gasteiger partial charge < -0.3 is 21.1 Å². The van der Waals surface area contributed by atoms with Crippen LogP contribution >= 0.6 is 0 Å². The van der Waals surface area contributed by atoms with Crippen LogP contribution in [-0.4, -0.2) is 64.7 Å². The Kier molecular flexibility index (Phi) is 7.07. The topological polar surface area (TPSA) is 108 Å². The number of anilines is 2. The van der Waals surface area contributed by atoms with E-state index in [2.05, 4.69) is 15.3 Å². The van der Waals surface area contributed by atoms with E-state index in [4.69, 9.17) is 5.73 Å². The van der Waals surface area contributed by atoms with Gasteiger partial charge in [-0.1, -0.05) is 24.3 Å². The number of aliphatic hydroxyl groups is 1. The van der Waals surface area contributed by atoms with Gasteiger partial charge in [0.2, 0.25) is 11.7 Å². The second-order valence-corrected chi connectivity index (χ2v) is 8.54. The van der Waals surface area contributed by atoms with Crippen LogP contribution in [0.25, 0.3) is 0 Å². The molecule has 0 bridgehead atoms. The molecule has 0 spiro atoms. The second-order valence-electron chi connectivity index (χ2n) is 8.54. The summed E-state index contributed by atoms with van der Waals surface area (Å²) in [6.45, 7) is 5.71. The van der Waals surface area contributed by atoms with Gasteiger partial charge >= 0.3 is 0 Å². The number of nitrogens with two attached hydrogens (primary N) is 1. The fraction of sp³-hybridized carbons (Fsp3) is 0.500. The molecule has 2 aromatic rings. The van der Waals surface area contributed by atoms with Crippen molar-refractivity contribution in [3.05, 3.63) is 47.5 Å². The zero-order valence-corrected chi connectivity index (χ0v) is 18.3. The number of primary amides is 1. The lowest BCUT2D eigenvalue weighted by atomic mass is 9.82. The van der Waals surface area contributed by atoms with E-state index in [-0.39, 0.29) is 24.1 Å². The van der Waals surface area contributed by atoms with Crippen molar-refractivity contribution in [3.63, 3.8) is 0 Å². The summed E-state index contributed by atoms with van der Waals surface area (Å²) in [4.78, 5) is 22.9. The number of likely N-dealkylation sites (tertiary alicyclic amines) is 1. The fourth-order valence-corrected chi connectivity index (χ4v) is 4.08. The molecule has 1 saturated heterocycles. The highest BCUT2D eigenvalue weighted by molar-refractivity contribution is 5.75. The van der Waals surface area contributed by atoms with Gasteiger partial charge in [-0.25, -0.2) is 9.97 Å². The molecule has 1 aliphatic rings. The number of carbonyl (C=O) groups excluding carboxylic acids is 1. The Morgan fingerprint density at radius 2 is 2.16 bits per heavy atom. The van der Waals surface area contributed by atoms with Crippen LogP contribution in [0.1, 0.15) is 24.5 Å². The molecule has 0 unspecified atom stereocenters. The minimum absolute atomic E-state index is 0.108. The summed E-state index contributed by atoms with van der Waals surface area (Å²) in [5.41, 5.74) is 6.45. The van der Waals surface area contributed by atoms with Gasteiger partial charge in [-0.15, -0.1) is 0 Å². The van der Waals surface area contributed by atoms with E-state index in [1.807, 2.05) is 36.1 Å². The largest absolute Gasteiger partial charge is 0.388 e. The van der Waals surface area contributed by atoms with Gasteiger partial charge in [0.05, 0.1) is 12.1 Å². The number of rotatable bonds is 8. The van der Waals surface area contributed by atoms with Crippen molar-refractivity contribution in [2.24, 2.45) is 11.7 Å².